The van der Waals surface area contributed by atoms with Gasteiger partial charge in [0.15, 0.2) is 0 Å². The van der Waals surface area contributed by atoms with Crippen LogP contribution in [0.25, 0.3) is 0 Å². The molecule has 2 N–H and O–H groups in total. The number of sulfonamides is 1. The van der Waals surface area contributed by atoms with E-state index in [1.807, 2.05) is 54.6 Å². The van der Waals surface area contributed by atoms with Gasteiger partial charge in [0.1, 0.15) is 6.04 Å². The van der Waals surface area contributed by atoms with Crippen molar-refractivity contribution in [2.75, 3.05) is 6.54 Å². The Morgan fingerprint density at radius 2 is 1.49 bits per heavy atom. The molecule has 0 bridgehead atoms. The van der Waals surface area contributed by atoms with Crippen LogP contribution in [0.15, 0.2) is 108 Å². The second-order valence-electron chi connectivity index (χ2n) is 10.1. The molecular weight excluding hydrogens is 584 g/mol. The molecule has 1 unspecified atom stereocenters. The number of amides is 2. The Hall–Kier alpha value is -4.05. The first-order valence-corrected chi connectivity index (χ1v) is 15.9. The maximum atomic E-state index is 13.9. The number of nitrogens with one attached hydrogen (secondary N) is 2. The Balaban J connectivity index is 1.58. The van der Waals surface area contributed by atoms with E-state index in [0.29, 0.717) is 31.0 Å². The zero-order valence-corrected chi connectivity index (χ0v) is 25.5. The lowest BCUT2D eigenvalue weighted by atomic mass is 10.0. The van der Waals surface area contributed by atoms with Crippen LogP contribution in [0, 0.1) is 0 Å². The van der Waals surface area contributed by atoms with Crippen LogP contribution in [-0.4, -0.2) is 42.7 Å². The maximum Gasteiger partial charge on any atom is 0.243 e. The van der Waals surface area contributed by atoms with Crippen LogP contribution in [0.3, 0.4) is 0 Å². The van der Waals surface area contributed by atoms with E-state index in [2.05, 4.69) is 15.0 Å². The number of carbonyl (C=O) groups is 2. The molecule has 10 heteroatoms. The number of aromatic nitrogens is 1. The summed E-state index contributed by atoms with van der Waals surface area (Å²) in [6.45, 7) is 2.54. The van der Waals surface area contributed by atoms with Crippen molar-refractivity contribution in [3.8, 4) is 0 Å². The highest BCUT2D eigenvalue weighted by Gasteiger charge is 2.30. The highest BCUT2D eigenvalue weighted by molar-refractivity contribution is 7.89. The van der Waals surface area contributed by atoms with Crippen molar-refractivity contribution in [2.45, 2.75) is 50.2 Å². The molecule has 0 aliphatic rings. The fraction of sp³-hybridized carbons (Fsp3) is 0.242. The summed E-state index contributed by atoms with van der Waals surface area (Å²) in [5.41, 5.74) is 3.49. The number of halogens is 1. The molecule has 1 atom stereocenters. The number of pyridine rings is 1. The van der Waals surface area contributed by atoms with Gasteiger partial charge in [0.2, 0.25) is 21.8 Å². The van der Waals surface area contributed by atoms with E-state index in [4.69, 9.17) is 11.6 Å². The third-order valence-corrected chi connectivity index (χ3v) is 8.76. The molecule has 0 aliphatic carbocycles. The molecule has 43 heavy (non-hydrogen) atoms. The number of rotatable bonds is 14. The van der Waals surface area contributed by atoms with Gasteiger partial charge in [0.25, 0.3) is 0 Å². The van der Waals surface area contributed by atoms with Gasteiger partial charge in [0.05, 0.1) is 4.90 Å². The third-order valence-electron chi connectivity index (χ3n) is 6.95. The Bertz CT molecular complexity index is 1580. The Morgan fingerprint density at radius 1 is 0.837 bits per heavy atom. The van der Waals surface area contributed by atoms with Crippen molar-refractivity contribution < 1.29 is 18.0 Å². The zero-order chi connectivity index (χ0) is 30.7. The Kier molecular flexibility index (Phi) is 11.4. The van der Waals surface area contributed by atoms with Crippen LogP contribution >= 0.6 is 11.6 Å². The molecule has 0 aliphatic heterocycles. The summed E-state index contributed by atoms with van der Waals surface area (Å²) >= 11 is 6.11. The molecule has 2 amide bonds. The highest BCUT2D eigenvalue weighted by Crippen LogP contribution is 2.19. The molecule has 1 aromatic heterocycles. The molecule has 3 aromatic carbocycles. The minimum absolute atomic E-state index is 0.135. The average Bonchev–Trinajstić information content (AvgIpc) is 3.02. The molecule has 1 heterocycles. The summed E-state index contributed by atoms with van der Waals surface area (Å²) in [6, 6.07) is 26.2. The van der Waals surface area contributed by atoms with Gasteiger partial charge in [-0.05, 0) is 65.1 Å². The van der Waals surface area contributed by atoms with E-state index in [-0.39, 0.29) is 29.7 Å². The van der Waals surface area contributed by atoms with Gasteiger partial charge >= 0.3 is 0 Å². The standard InChI is InChI=1S/C33H35ClN4O4S/c1-2-37-43(41,42)30-15-10-25(11-16-30)12-17-32(39)38(24-28-8-13-29(34)14-9-28)31(22-26-6-4-3-5-7-26)33(40)36-23-27-18-20-35-21-19-27/h3-11,13-16,18-21,31,37H,2,12,17,22-24H2,1H3,(H,36,40). The summed E-state index contributed by atoms with van der Waals surface area (Å²) in [4.78, 5) is 33.5. The van der Waals surface area contributed by atoms with Crippen molar-refractivity contribution >= 4 is 33.4 Å². The summed E-state index contributed by atoms with van der Waals surface area (Å²) in [5, 5.41) is 3.59. The first-order chi connectivity index (χ1) is 20.7. The lowest BCUT2D eigenvalue weighted by Crippen LogP contribution is -2.50. The molecule has 0 radical (unpaired) electrons. The van der Waals surface area contributed by atoms with Crippen LogP contribution in [0.4, 0.5) is 0 Å². The molecule has 4 aromatic rings. The topological polar surface area (TPSA) is 108 Å². The molecule has 0 saturated carbocycles. The maximum absolute atomic E-state index is 13.9. The van der Waals surface area contributed by atoms with Crippen molar-refractivity contribution in [3.05, 3.63) is 131 Å². The van der Waals surface area contributed by atoms with Crippen LogP contribution in [0.1, 0.15) is 35.6 Å². The molecule has 224 valence electrons. The van der Waals surface area contributed by atoms with Gasteiger partial charge in [-0.1, -0.05) is 73.1 Å². The van der Waals surface area contributed by atoms with Crippen molar-refractivity contribution in [3.63, 3.8) is 0 Å². The molecular formula is C33H35ClN4O4S. The first-order valence-electron chi connectivity index (χ1n) is 14.1. The summed E-state index contributed by atoms with van der Waals surface area (Å²) < 4.78 is 27.1. The molecule has 0 saturated heterocycles. The van der Waals surface area contributed by atoms with E-state index in [9.17, 15) is 18.0 Å². The number of benzene rings is 3. The zero-order valence-electron chi connectivity index (χ0n) is 23.9. The minimum Gasteiger partial charge on any atom is -0.350 e. The van der Waals surface area contributed by atoms with Gasteiger partial charge in [-0.3, -0.25) is 14.6 Å². The van der Waals surface area contributed by atoms with Gasteiger partial charge in [-0.25, -0.2) is 13.1 Å². The number of nitrogens with zero attached hydrogens (tertiary/aromatic N) is 2. The third kappa shape index (κ3) is 9.47. The second kappa shape index (κ2) is 15.4. The van der Waals surface area contributed by atoms with E-state index in [1.165, 1.54) is 12.1 Å². The second-order valence-corrected chi connectivity index (χ2v) is 12.3. The van der Waals surface area contributed by atoms with Crippen molar-refractivity contribution in [2.24, 2.45) is 0 Å². The smallest absolute Gasteiger partial charge is 0.243 e. The summed E-state index contributed by atoms with van der Waals surface area (Å²) in [6.07, 6.45) is 4.19. The van der Waals surface area contributed by atoms with Crippen molar-refractivity contribution in [1.82, 2.24) is 19.9 Å². The van der Waals surface area contributed by atoms with Crippen LogP contribution in [0.5, 0.6) is 0 Å². The number of hydrogen-bond acceptors (Lipinski definition) is 5. The summed E-state index contributed by atoms with van der Waals surface area (Å²) in [5.74, 6) is -0.458. The van der Waals surface area contributed by atoms with E-state index in [1.54, 1.807) is 48.5 Å². The van der Waals surface area contributed by atoms with Gasteiger partial charge in [-0.15, -0.1) is 0 Å². The number of aryl methyl sites for hydroxylation is 1. The largest absolute Gasteiger partial charge is 0.350 e. The van der Waals surface area contributed by atoms with Gasteiger partial charge < -0.3 is 10.2 Å². The summed E-state index contributed by atoms with van der Waals surface area (Å²) in [7, 11) is -3.57. The predicted octanol–water partition coefficient (Wildman–Crippen LogP) is 4.92. The lowest BCUT2D eigenvalue weighted by molar-refractivity contribution is -0.141. The van der Waals surface area contributed by atoms with Crippen LogP contribution in [0.2, 0.25) is 5.02 Å². The Morgan fingerprint density at radius 3 is 2.14 bits per heavy atom. The first kappa shape index (κ1) is 31.9. The van der Waals surface area contributed by atoms with Gasteiger partial charge in [0, 0.05) is 49.9 Å². The lowest BCUT2D eigenvalue weighted by Gasteiger charge is -2.32. The van der Waals surface area contributed by atoms with E-state index < -0.39 is 16.1 Å². The van der Waals surface area contributed by atoms with E-state index >= 15 is 0 Å². The van der Waals surface area contributed by atoms with Crippen LogP contribution < -0.4 is 10.0 Å². The molecule has 4 rings (SSSR count). The van der Waals surface area contributed by atoms with E-state index in [0.717, 1.165) is 22.3 Å². The normalized spacial score (nSPS) is 12.0. The van der Waals surface area contributed by atoms with Crippen molar-refractivity contribution in [1.29, 1.82) is 0 Å². The monoisotopic (exact) mass is 618 g/mol. The quantitative estimate of drug-likeness (QED) is 0.209. The SMILES string of the molecule is CCNS(=O)(=O)c1ccc(CCC(=O)N(Cc2ccc(Cl)cc2)C(Cc2ccccc2)C(=O)NCc2ccncc2)cc1. The van der Waals surface area contributed by atoms with Gasteiger partial charge in [-0.2, -0.15) is 0 Å². The Labute approximate surface area is 258 Å². The molecule has 0 spiro atoms. The molecule has 0 fully saturated rings. The average molecular weight is 619 g/mol. The fourth-order valence-corrected chi connectivity index (χ4v) is 5.82. The fourth-order valence-electron chi connectivity index (χ4n) is 4.65. The molecule has 8 nitrogen and oxygen atoms in total. The number of hydrogen-bond donors (Lipinski definition) is 2. The van der Waals surface area contributed by atoms with Crippen LogP contribution in [-0.2, 0) is 45.5 Å². The predicted molar refractivity (Wildman–Crippen MR) is 168 cm³/mol. The number of carbonyl (C=O) groups excluding carboxylic acids is 2. The highest BCUT2D eigenvalue weighted by atomic mass is 35.5. The minimum atomic E-state index is -3.57.